The van der Waals surface area contributed by atoms with Crippen molar-refractivity contribution in [3.8, 4) is 11.5 Å². The summed E-state index contributed by atoms with van der Waals surface area (Å²) in [4.78, 5) is 25.0. The maximum absolute atomic E-state index is 12.5. The molecule has 0 saturated heterocycles. The first-order valence-corrected chi connectivity index (χ1v) is 12.4. The summed E-state index contributed by atoms with van der Waals surface area (Å²) in [5.41, 5.74) is 2.46. The Hall–Kier alpha value is -3.02. The Morgan fingerprint density at radius 1 is 0.706 bits per heavy atom. The summed E-state index contributed by atoms with van der Waals surface area (Å²) >= 11 is 0. The smallest absolute Gasteiger partial charge is 0.258 e. The molecule has 184 valence electrons. The second kappa shape index (κ2) is 12.4. The van der Waals surface area contributed by atoms with Gasteiger partial charge in [0.1, 0.15) is 11.5 Å². The van der Waals surface area contributed by atoms with Crippen molar-refractivity contribution in [3.63, 3.8) is 0 Å². The summed E-state index contributed by atoms with van der Waals surface area (Å²) in [7, 11) is 0. The van der Waals surface area contributed by atoms with E-state index in [9.17, 15) is 9.59 Å². The minimum atomic E-state index is -0.180. The number of benzene rings is 2. The molecule has 1 aliphatic carbocycles. The molecule has 6 heteroatoms. The average molecular weight is 467 g/mol. The molecule has 0 bridgehead atoms. The van der Waals surface area contributed by atoms with Crippen molar-refractivity contribution in [2.24, 2.45) is 0 Å². The van der Waals surface area contributed by atoms with E-state index in [1.165, 1.54) is 11.1 Å². The van der Waals surface area contributed by atoms with Crippen LogP contribution in [0.2, 0.25) is 0 Å². The molecular formula is C28H38N2O4. The van der Waals surface area contributed by atoms with Crippen molar-refractivity contribution >= 4 is 11.8 Å². The third kappa shape index (κ3) is 7.79. The maximum Gasteiger partial charge on any atom is 0.258 e. The van der Waals surface area contributed by atoms with E-state index in [1.807, 2.05) is 48.5 Å². The first-order valence-electron chi connectivity index (χ1n) is 12.4. The average Bonchev–Trinajstić information content (AvgIpc) is 2.83. The number of carbonyl (C=O) groups excluding carboxylic acids is 2. The third-order valence-corrected chi connectivity index (χ3v) is 6.29. The maximum atomic E-state index is 12.5. The van der Waals surface area contributed by atoms with E-state index in [0.29, 0.717) is 23.3 Å². The van der Waals surface area contributed by atoms with E-state index < -0.39 is 0 Å². The van der Waals surface area contributed by atoms with Gasteiger partial charge in [-0.05, 0) is 60.1 Å². The second-order valence-corrected chi connectivity index (χ2v) is 9.66. The monoisotopic (exact) mass is 466 g/mol. The van der Waals surface area contributed by atoms with E-state index in [0.717, 1.165) is 25.7 Å². The largest absolute Gasteiger partial charge is 0.484 e. The van der Waals surface area contributed by atoms with Crippen LogP contribution in [0.3, 0.4) is 0 Å². The molecule has 0 aliphatic heterocycles. The Bertz CT molecular complexity index is 845. The highest BCUT2D eigenvalue weighted by molar-refractivity contribution is 5.79. The van der Waals surface area contributed by atoms with Crippen LogP contribution in [0.4, 0.5) is 0 Å². The predicted octanol–water partition coefficient (Wildman–Crippen LogP) is 4.93. The molecular weight excluding hydrogens is 428 g/mol. The van der Waals surface area contributed by atoms with Gasteiger partial charge in [0.05, 0.1) is 0 Å². The highest BCUT2D eigenvalue weighted by Gasteiger charge is 2.28. The number of ether oxygens (including phenoxy) is 2. The lowest BCUT2D eigenvalue weighted by molar-refractivity contribution is -0.127. The van der Waals surface area contributed by atoms with Crippen molar-refractivity contribution in [1.82, 2.24) is 10.6 Å². The quantitative estimate of drug-likeness (QED) is 0.520. The number of hydrogen-bond donors (Lipinski definition) is 2. The molecule has 0 heterocycles. The number of carbonyl (C=O) groups is 2. The molecule has 1 saturated carbocycles. The van der Waals surface area contributed by atoms with Crippen LogP contribution in [0, 0.1) is 0 Å². The molecule has 3 rings (SSSR count). The second-order valence-electron chi connectivity index (χ2n) is 9.66. The summed E-state index contributed by atoms with van der Waals surface area (Å²) in [5, 5.41) is 6.09. The Kier molecular flexibility index (Phi) is 9.37. The molecule has 2 N–H and O–H groups in total. The van der Waals surface area contributed by atoms with Crippen molar-refractivity contribution in [2.45, 2.75) is 77.3 Å². The molecule has 0 unspecified atom stereocenters. The number of nitrogens with one attached hydrogen (secondary N) is 2. The Morgan fingerprint density at radius 3 is 1.38 bits per heavy atom. The normalized spacial score (nSPS) is 17.9. The predicted molar refractivity (Wildman–Crippen MR) is 134 cm³/mol. The van der Waals surface area contributed by atoms with Crippen LogP contribution in [0.15, 0.2) is 48.5 Å². The summed E-state index contributed by atoms with van der Waals surface area (Å²) in [6.45, 7) is 8.46. The molecule has 2 aromatic carbocycles. The zero-order chi connectivity index (χ0) is 24.5. The lowest BCUT2D eigenvalue weighted by Crippen LogP contribution is -2.54. The molecule has 1 aliphatic rings. The zero-order valence-corrected chi connectivity index (χ0v) is 20.8. The van der Waals surface area contributed by atoms with Crippen LogP contribution in [-0.4, -0.2) is 37.1 Å². The van der Waals surface area contributed by atoms with Gasteiger partial charge in [-0.25, -0.2) is 0 Å². The molecule has 6 nitrogen and oxygen atoms in total. The van der Waals surface area contributed by atoms with Crippen LogP contribution in [0.1, 0.15) is 76.3 Å². The van der Waals surface area contributed by atoms with Crippen molar-refractivity contribution in [3.05, 3.63) is 59.7 Å². The molecule has 34 heavy (non-hydrogen) atoms. The molecule has 0 aromatic heterocycles. The first-order chi connectivity index (χ1) is 16.3. The van der Waals surface area contributed by atoms with Gasteiger partial charge in [-0.15, -0.1) is 0 Å². The number of amides is 2. The molecule has 2 aromatic rings. The van der Waals surface area contributed by atoms with E-state index in [-0.39, 0.29) is 37.1 Å². The van der Waals surface area contributed by atoms with Crippen molar-refractivity contribution in [1.29, 1.82) is 0 Å². The Labute approximate surface area is 203 Å². The minimum absolute atomic E-state index is 0.0479. The molecule has 2 amide bonds. The topological polar surface area (TPSA) is 76.7 Å². The highest BCUT2D eigenvalue weighted by atomic mass is 16.5. The summed E-state index contributed by atoms with van der Waals surface area (Å²) in [6.07, 6.45) is 3.70. The molecule has 0 radical (unpaired) electrons. The van der Waals surface area contributed by atoms with Crippen LogP contribution in [-0.2, 0) is 9.59 Å². The van der Waals surface area contributed by atoms with Gasteiger partial charge in [-0.3, -0.25) is 9.59 Å². The van der Waals surface area contributed by atoms with Gasteiger partial charge in [0.25, 0.3) is 11.8 Å². The van der Waals surface area contributed by atoms with Gasteiger partial charge in [0.2, 0.25) is 0 Å². The van der Waals surface area contributed by atoms with Crippen molar-refractivity contribution < 1.29 is 19.1 Å². The third-order valence-electron chi connectivity index (χ3n) is 6.29. The van der Waals surface area contributed by atoms with E-state index in [4.69, 9.17) is 9.47 Å². The molecule has 2 atom stereocenters. The van der Waals surface area contributed by atoms with Crippen molar-refractivity contribution in [2.75, 3.05) is 13.2 Å². The van der Waals surface area contributed by atoms with E-state index in [2.05, 4.69) is 38.3 Å². The molecule has 1 fully saturated rings. The van der Waals surface area contributed by atoms with E-state index in [1.54, 1.807) is 0 Å². The summed E-state index contributed by atoms with van der Waals surface area (Å²) in [6, 6.07) is 15.4. The van der Waals surface area contributed by atoms with Crippen LogP contribution in [0.25, 0.3) is 0 Å². The standard InChI is InChI=1S/C28H38N2O4/c1-19(2)21-9-13-23(14-10-21)33-17-27(31)29-25-7-5-6-8-26(25)30-28(32)18-34-24-15-11-22(12-16-24)20(3)4/h9-16,19-20,25-26H,5-8,17-18H2,1-4H3,(H,29,31)(H,30,32)/t25-,26-/m0/s1. The fraction of sp³-hybridized carbons (Fsp3) is 0.500. The van der Waals surface area contributed by atoms with Gasteiger partial charge < -0.3 is 20.1 Å². The van der Waals surface area contributed by atoms with Gasteiger partial charge in [0, 0.05) is 12.1 Å². The lowest BCUT2D eigenvalue weighted by atomic mass is 9.90. The number of hydrogen-bond acceptors (Lipinski definition) is 4. The van der Waals surface area contributed by atoms with Crippen LogP contribution < -0.4 is 20.1 Å². The minimum Gasteiger partial charge on any atom is -0.484 e. The van der Waals surface area contributed by atoms with Gasteiger partial charge in [-0.2, -0.15) is 0 Å². The first kappa shape index (κ1) is 25.6. The summed E-state index contributed by atoms with van der Waals surface area (Å²) < 4.78 is 11.3. The van der Waals surface area contributed by atoms with E-state index >= 15 is 0 Å². The lowest BCUT2D eigenvalue weighted by Gasteiger charge is -2.32. The number of rotatable bonds is 10. The van der Waals surface area contributed by atoms with Gasteiger partial charge >= 0.3 is 0 Å². The SMILES string of the molecule is CC(C)c1ccc(OCC(=O)N[C@H]2CCCC[C@@H]2NC(=O)COc2ccc(C(C)C)cc2)cc1. The van der Waals surface area contributed by atoms with Crippen LogP contribution in [0.5, 0.6) is 11.5 Å². The van der Waals surface area contributed by atoms with Gasteiger partial charge in [0.15, 0.2) is 13.2 Å². The van der Waals surface area contributed by atoms with Gasteiger partial charge in [-0.1, -0.05) is 64.8 Å². The zero-order valence-electron chi connectivity index (χ0n) is 20.8. The molecule has 0 spiro atoms. The summed E-state index contributed by atoms with van der Waals surface area (Å²) in [5.74, 6) is 1.89. The Morgan fingerprint density at radius 2 is 1.06 bits per heavy atom. The Balaban J connectivity index is 1.44. The fourth-order valence-corrected chi connectivity index (χ4v) is 4.17. The fourth-order valence-electron chi connectivity index (χ4n) is 4.17. The van der Waals surface area contributed by atoms with Crippen LogP contribution >= 0.6 is 0 Å². The highest BCUT2D eigenvalue weighted by Crippen LogP contribution is 2.21.